The van der Waals surface area contributed by atoms with Crippen LogP contribution in [0.1, 0.15) is 31.0 Å². The van der Waals surface area contributed by atoms with E-state index >= 15 is 0 Å². The first-order valence-corrected chi connectivity index (χ1v) is 5.80. The van der Waals surface area contributed by atoms with Crippen molar-refractivity contribution in [1.29, 1.82) is 0 Å². The number of pyridine rings is 1. The predicted octanol–water partition coefficient (Wildman–Crippen LogP) is 1.85. The molecule has 1 heterocycles. The van der Waals surface area contributed by atoms with Crippen molar-refractivity contribution >= 4 is 5.91 Å². The van der Waals surface area contributed by atoms with Crippen molar-refractivity contribution in [2.75, 3.05) is 0 Å². The van der Waals surface area contributed by atoms with Crippen LogP contribution < -0.4 is 5.32 Å². The Morgan fingerprint density at radius 3 is 3.00 bits per heavy atom. The van der Waals surface area contributed by atoms with Gasteiger partial charge in [0, 0.05) is 18.7 Å². The standard InChI is InChI=1S/C14H18N2O/c1-4-7-12(5-2)16-14(17)10-13-11(3)8-6-9-15-13/h1,6,8-9,12H,5,7,10H2,2-3H3,(H,16,17). The number of hydrogen-bond acceptors (Lipinski definition) is 2. The first kappa shape index (κ1) is 13.2. The molecule has 1 N–H and O–H groups in total. The van der Waals surface area contributed by atoms with Gasteiger partial charge in [0.25, 0.3) is 0 Å². The maximum atomic E-state index is 11.8. The van der Waals surface area contributed by atoms with E-state index in [1.165, 1.54) is 0 Å². The molecule has 90 valence electrons. The van der Waals surface area contributed by atoms with Crippen LogP contribution in [0.2, 0.25) is 0 Å². The number of aryl methyl sites for hydroxylation is 1. The third kappa shape index (κ3) is 4.28. The van der Waals surface area contributed by atoms with E-state index in [9.17, 15) is 4.79 Å². The second kappa shape index (κ2) is 6.70. The first-order valence-electron chi connectivity index (χ1n) is 5.80. The molecule has 1 aromatic heterocycles. The van der Waals surface area contributed by atoms with Gasteiger partial charge in [0.05, 0.1) is 12.1 Å². The highest BCUT2D eigenvalue weighted by Gasteiger charge is 2.11. The summed E-state index contributed by atoms with van der Waals surface area (Å²) in [6.07, 6.45) is 8.68. The van der Waals surface area contributed by atoms with Crippen LogP contribution in [-0.4, -0.2) is 16.9 Å². The molecule has 1 atom stereocenters. The fourth-order valence-electron chi connectivity index (χ4n) is 1.57. The lowest BCUT2D eigenvalue weighted by molar-refractivity contribution is -0.121. The van der Waals surface area contributed by atoms with Gasteiger partial charge in [-0.3, -0.25) is 9.78 Å². The van der Waals surface area contributed by atoms with Gasteiger partial charge in [-0.05, 0) is 25.0 Å². The number of carbonyl (C=O) groups excluding carboxylic acids is 1. The summed E-state index contributed by atoms with van der Waals surface area (Å²) in [4.78, 5) is 16.0. The predicted molar refractivity (Wildman–Crippen MR) is 68.3 cm³/mol. The minimum absolute atomic E-state index is 0.0195. The number of nitrogens with one attached hydrogen (secondary N) is 1. The number of rotatable bonds is 5. The summed E-state index contributed by atoms with van der Waals surface area (Å²) in [7, 11) is 0. The molecule has 0 spiro atoms. The molecule has 1 unspecified atom stereocenters. The third-order valence-corrected chi connectivity index (χ3v) is 2.67. The smallest absolute Gasteiger partial charge is 0.226 e. The van der Waals surface area contributed by atoms with Crippen LogP contribution in [0.4, 0.5) is 0 Å². The molecule has 0 radical (unpaired) electrons. The molecular weight excluding hydrogens is 212 g/mol. The Morgan fingerprint density at radius 1 is 1.65 bits per heavy atom. The Balaban J connectivity index is 2.56. The summed E-state index contributed by atoms with van der Waals surface area (Å²) in [6, 6.07) is 3.88. The zero-order chi connectivity index (χ0) is 12.7. The molecule has 1 amide bonds. The van der Waals surface area contributed by atoms with Gasteiger partial charge in [-0.15, -0.1) is 12.3 Å². The van der Waals surface area contributed by atoms with Crippen molar-refractivity contribution in [3.8, 4) is 12.3 Å². The van der Waals surface area contributed by atoms with Crippen LogP contribution >= 0.6 is 0 Å². The highest BCUT2D eigenvalue weighted by Crippen LogP contribution is 2.04. The lowest BCUT2D eigenvalue weighted by Crippen LogP contribution is -2.35. The quantitative estimate of drug-likeness (QED) is 0.784. The van der Waals surface area contributed by atoms with E-state index in [1.54, 1.807) is 6.20 Å². The monoisotopic (exact) mass is 230 g/mol. The van der Waals surface area contributed by atoms with Gasteiger partial charge < -0.3 is 5.32 Å². The fraction of sp³-hybridized carbons (Fsp3) is 0.429. The molecule has 3 heteroatoms. The van der Waals surface area contributed by atoms with Gasteiger partial charge in [0.2, 0.25) is 5.91 Å². The Bertz CT molecular complexity index is 420. The van der Waals surface area contributed by atoms with Crippen molar-refractivity contribution in [2.24, 2.45) is 0 Å². The molecule has 1 aromatic rings. The maximum absolute atomic E-state index is 11.8. The minimum atomic E-state index is -0.0195. The molecule has 0 fully saturated rings. The summed E-state index contributed by atoms with van der Waals surface area (Å²) in [5, 5.41) is 2.92. The molecule has 0 aliphatic heterocycles. The maximum Gasteiger partial charge on any atom is 0.226 e. The zero-order valence-corrected chi connectivity index (χ0v) is 10.4. The van der Waals surface area contributed by atoms with E-state index in [0.29, 0.717) is 12.8 Å². The normalized spacial score (nSPS) is 11.6. The molecule has 0 aliphatic rings. The number of carbonyl (C=O) groups is 1. The van der Waals surface area contributed by atoms with E-state index < -0.39 is 0 Å². The van der Waals surface area contributed by atoms with Crippen molar-refractivity contribution in [3.05, 3.63) is 29.6 Å². The fourth-order valence-corrected chi connectivity index (χ4v) is 1.57. The number of nitrogens with zero attached hydrogens (tertiary/aromatic N) is 1. The van der Waals surface area contributed by atoms with E-state index in [0.717, 1.165) is 17.7 Å². The summed E-state index contributed by atoms with van der Waals surface area (Å²) in [6.45, 7) is 3.96. The van der Waals surface area contributed by atoms with Crippen molar-refractivity contribution < 1.29 is 4.79 Å². The molecule has 1 rings (SSSR count). The Hall–Kier alpha value is -1.82. The highest BCUT2D eigenvalue weighted by molar-refractivity contribution is 5.78. The van der Waals surface area contributed by atoms with Crippen LogP contribution in [0.5, 0.6) is 0 Å². The van der Waals surface area contributed by atoms with E-state index in [-0.39, 0.29) is 11.9 Å². The second-order valence-corrected chi connectivity index (χ2v) is 4.02. The zero-order valence-electron chi connectivity index (χ0n) is 10.4. The van der Waals surface area contributed by atoms with Crippen LogP contribution in [-0.2, 0) is 11.2 Å². The van der Waals surface area contributed by atoms with Gasteiger partial charge in [0.15, 0.2) is 0 Å². The number of aromatic nitrogens is 1. The molecule has 3 nitrogen and oxygen atoms in total. The summed E-state index contributed by atoms with van der Waals surface area (Å²) in [5.74, 6) is 2.55. The van der Waals surface area contributed by atoms with Crippen molar-refractivity contribution in [3.63, 3.8) is 0 Å². The summed E-state index contributed by atoms with van der Waals surface area (Å²) < 4.78 is 0. The van der Waals surface area contributed by atoms with Crippen molar-refractivity contribution in [2.45, 2.75) is 39.2 Å². The van der Waals surface area contributed by atoms with Gasteiger partial charge in [-0.25, -0.2) is 0 Å². The van der Waals surface area contributed by atoms with Crippen molar-refractivity contribution in [1.82, 2.24) is 10.3 Å². The largest absolute Gasteiger partial charge is 0.352 e. The second-order valence-electron chi connectivity index (χ2n) is 4.02. The summed E-state index contributed by atoms with van der Waals surface area (Å²) >= 11 is 0. The van der Waals surface area contributed by atoms with Crippen LogP contribution in [0.15, 0.2) is 18.3 Å². The highest BCUT2D eigenvalue weighted by atomic mass is 16.1. The van der Waals surface area contributed by atoms with Crippen LogP contribution in [0.3, 0.4) is 0 Å². The van der Waals surface area contributed by atoms with Gasteiger partial charge in [-0.1, -0.05) is 13.0 Å². The lowest BCUT2D eigenvalue weighted by Gasteiger charge is -2.14. The average Bonchev–Trinajstić information content (AvgIpc) is 2.31. The summed E-state index contributed by atoms with van der Waals surface area (Å²) in [5.41, 5.74) is 1.85. The topological polar surface area (TPSA) is 42.0 Å². The Kier molecular flexibility index (Phi) is 5.22. The first-order chi connectivity index (χ1) is 8.17. The molecule has 0 saturated carbocycles. The molecule has 0 aromatic carbocycles. The van der Waals surface area contributed by atoms with Crippen LogP contribution in [0.25, 0.3) is 0 Å². The minimum Gasteiger partial charge on any atom is -0.352 e. The van der Waals surface area contributed by atoms with Gasteiger partial charge in [0.1, 0.15) is 0 Å². The van der Waals surface area contributed by atoms with E-state index in [1.807, 2.05) is 26.0 Å². The molecule has 17 heavy (non-hydrogen) atoms. The third-order valence-electron chi connectivity index (χ3n) is 2.67. The molecule has 0 bridgehead atoms. The number of amides is 1. The molecule has 0 saturated heterocycles. The number of terminal acetylenes is 1. The van der Waals surface area contributed by atoms with Gasteiger partial charge in [-0.2, -0.15) is 0 Å². The SMILES string of the molecule is C#CCC(CC)NC(=O)Cc1ncccc1C. The average molecular weight is 230 g/mol. The molecule has 0 aliphatic carbocycles. The Morgan fingerprint density at radius 2 is 2.41 bits per heavy atom. The van der Waals surface area contributed by atoms with E-state index in [4.69, 9.17) is 6.42 Å². The Labute approximate surface area is 103 Å². The number of hydrogen-bond donors (Lipinski definition) is 1. The molecular formula is C14H18N2O. The lowest BCUT2D eigenvalue weighted by atomic mass is 10.1. The van der Waals surface area contributed by atoms with Crippen LogP contribution in [0, 0.1) is 19.3 Å². The van der Waals surface area contributed by atoms with E-state index in [2.05, 4.69) is 16.2 Å². The van der Waals surface area contributed by atoms with Gasteiger partial charge >= 0.3 is 0 Å².